The van der Waals surface area contributed by atoms with Crippen molar-refractivity contribution in [1.82, 2.24) is 19.7 Å². The standard InChI is InChI=1S/C11H17N5S/c1-4-10-14-15-11(17-10)13-6-9-5-12-7-16(9)8(2)3/h5,7-8H,4,6H2,1-3H3,(H,13,15). The molecule has 5 nitrogen and oxygen atoms in total. The third-order valence-corrected chi connectivity index (χ3v) is 3.52. The van der Waals surface area contributed by atoms with Crippen molar-refractivity contribution in [1.29, 1.82) is 0 Å². The zero-order chi connectivity index (χ0) is 12.3. The summed E-state index contributed by atoms with van der Waals surface area (Å²) in [6.45, 7) is 7.10. The fourth-order valence-corrected chi connectivity index (χ4v) is 2.24. The van der Waals surface area contributed by atoms with Gasteiger partial charge in [0.1, 0.15) is 5.01 Å². The first-order valence-corrected chi connectivity index (χ1v) is 6.59. The summed E-state index contributed by atoms with van der Waals surface area (Å²) in [6, 6.07) is 0.426. The van der Waals surface area contributed by atoms with Gasteiger partial charge in [-0.05, 0) is 20.3 Å². The van der Waals surface area contributed by atoms with E-state index < -0.39 is 0 Å². The fraction of sp³-hybridized carbons (Fsp3) is 0.545. The lowest BCUT2D eigenvalue weighted by Crippen LogP contribution is -2.08. The van der Waals surface area contributed by atoms with Crippen molar-refractivity contribution < 1.29 is 0 Å². The van der Waals surface area contributed by atoms with Crippen LogP contribution in [0.3, 0.4) is 0 Å². The maximum absolute atomic E-state index is 4.17. The highest BCUT2D eigenvalue weighted by molar-refractivity contribution is 7.15. The van der Waals surface area contributed by atoms with Crippen LogP contribution in [-0.4, -0.2) is 19.7 Å². The molecule has 0 aliphatic heterocycles. The van der Waals surface area contributed by atoms with Crippen LogP contribution in [0.15, 0.2) is 12.5 Å². The van der Waals surface area contributed by atoms with Gasteiger partial charge in [-0.1, -0.05) is 18.3 Å². The van der Waals surface area contributed by atoms with Crippen molar-refractivity contribution >= 4 is 16.5 Å². The molecule has 2 rings (SSSR count). The molecule has 17 heavy (non-hydrogen) atoms. The van der Waals surface area contributed by atoms with Crippen molar-refractivity contribution in [3.63, 3.8) is 0 Å². The minimum atomic E-state index is 0.426. The molecule has 1 N–H and O–H groups in total. The number of aromatic nitrogens is 4. The van der Waals surface area contributed by atoms with Crippen molar-refractivity contribution in [3.8, 4) is 0 Å². The lowest BCUT2D eigenvalue weighted by atomic mass is 10.3. The third kappa shape index (κ3) is 2.82. The summed E-state index contributed by atoms with van der Waals surface area (Å²) < 4.78 is 2.15. The van der Waals surface area contributed by atoms with E-state index in [0.717, 1.165) is 28.8 Å². The van der Waals surface area contributed by atoms with Crippen LogP contribution in [0.1, 0.15) is 37.5 Å². The lowest BCUT2D eigenvalue weighted by Gasteiger charge is -2.11. The van der Waals surface area contributed by atoms with Gasteiger partial charge in [-0.15, -0.1) is 10.2 Å². The van der Waals surface area contributed by atoms with Gasteiger partial charge in [0.05, 0.1) is 18.6 Å². The first-order valence-electron chi connectivity index (χ1n) is 5.77. The Kier molecular flexibility index (Phi) is 3.73. The van der Waals surface area contributed by atoms with E-state index in [0.29, 0.717) is 6.04 Å². The fourth-order valence-electron chi connectivity index (χ4n) is 1.57. The highest BCUT2D eigenvalue weighted by Crippen LogP contribution is 2.17. The monoisotopic (exact) mass is 251 g/mol. The Morgan fingerprint density at radius 1 is 1.41 bits per heavy atom. The molecule has 0 atom stereocenters. The lowest BCUT2D eigenvalue weighted by molar-refractivity contribution is 0.577. The molecule has 6 heteroatoms. The first kappa shape index (κ1) is 12.0. The number of aryl methyl sites for hydroxylation is 1. The van der Waals surface area contributed by atoms with Crippen LogP contribution in [0, 0.1) is 0 Å². The predicted molar refractivity (Wildman–Crippen MR) is 69.2 cm³/mol. The smallest absolute Gasteiger partial charge is 0.205 e. The third-order valence-electron chi connectivity index (χ3n) is 2.49. The second-order valence-corrected chi connectivity index (χ2v) is 5.16. The van der Waals surface area contributed by atoms with Crippen LogP contribution in [0.25, 0.3) is 0 Å². The molecule has 0 aliphatic carbocycles. The zero-order valence-corrected chi connectivity index (χ0v) is 11.2. The number of nitrogens with one attached hydrogen (secondary N) is 1. The average Bonchev–Trinajstić information content (AvgIpc) is 2.95. The molecule has 0 fully saturated rings. The number of nitrogens with zero attached hydrogens (tertiary/aromatic N) is 4. The Morgan fingerprint density at radius 2 is 2.24 bits per heavy atom. The van der Waals surface area contributed by atoms with E-state index in [1.165, 1.54) is 0 Å². The molecule has 0 saturated carbocycles. The molecule has 0 saturated heterocycles. The molecule has 0 bridgehead atoms. The van der Waals surface area contributed by atoms with E-state index in [2.05, 4.69) is 45.8 Å². The maximum atomic E-state index is 4.17. The summed E-state index contributed by atoms with van der Waals surface area (Å²) >= 11 is 1.61. The van der Waals surface area contributed by atoms with E-state index >= 15 is 0 Å². The molecule has 0 aromatic carbocycles. The van der Waals surface area contributed by atoms with Crippen molar-refractivity contribution in [2.24, 2.45) is 0 Å². The van der Waals surface area contributed by atoms with E-state index in [-0.39, 0.29) is 0 Å². The molecule has 2 heterocycles. The molecule has 0 radical (unpaired) electrons. The molecule has 0 amide bonds. The average molecular weight is 251 g/mol. The van der Waals surface area contributed by atoms with Crippen LogP contribution in [-0.2, 0) is 13.0 Å². The van der Waals surface area contributed by atoms with Gasteiger partial charge < -0.3 is 9.88 Å². The number of anilines is 1. The highest BCUT2D eigenvalue weighted by Gasteiger charge is 2.06. The van der Waals surface area contributed by atoms with Gasteiger partial charge in [0.25, 0.3) is 0 Å². The van der Waals surface area contributed by atoms with Gasteiger partial charge in [-0.3, -0.25) is 0 Å². The van der Waals surface area contributed by atoms with Crippen molar-refractivity contribution in [3.05, 3.63) is 23.2 Å². The highest BCUT2D eigenvalue weighted by atomic mass is 32.1. The van der Waals surface area contributed by atoms with E-state index in [1.807, 2.05) is 12.5 Å². The van der Waals surface area contributed by atoms with Crippen LogP contribution in [0.4, 0.5) is 5.13 Å². The molecule has 0 aliphatic rings. The Bertz CT molecular complexity index is 474. The number of hydrogen-bond acceptors (Lipinski definition) is 5. The van der Waals surface area contributed by atoms with Crippen molar-refractivity contribution in [2.75, 3.05) is 5.32 Å². The minimum Gasteiger partial charge on any atom is -0.354 e. The van der Waals surface area contributed by atoms with Crippen LogP contribution >= 0.6 is 11.3 Å². The normalized spacial score (nSPS) is 11.1. The second kappa shape index (κ2) is 5.27. The molecule has 2 aromatic rings. The van der Waals surface area contributed by atoms with Gasteiger partial charge in [0.2, 0.25) is 5.13 Å². The molecule has 92 valence electrons. The van der Waals surface area contributed by atoms with Gasteiger partial charge in [0, 0.05) is 12.2 Å². The van der Waals surface area contributed by atoms with Gasteiger partial charge in [-0.2, -0.15) is 0 Å². The summed E-state index contributed by atoms with van der Waals surface area (Å²) in [5, 5.41) is 13.4. The Hall–Kier alpha value is -1.43. The zero-order valence-electron chi connectivity index (χ0n) is 10.3. The topological polar surface area (TPSA) is 55.6 Å². The van der Waals surface area contributed by atoms with Crippen LogP contribution < -0.4 is 5.32 Å². The van der Waals surface area contributed by atoms with Crippen LogP contribution in [0.2, 0.25) is 0 Å². The summed E-state index contributed by atoms with van der Waals surface area (Å²) in [5.74, 6) is 0. The van der Waals surface area contributed by atoms with Gasteiger partial charge in [0.15, 0.2) is 0 Å². The summed E-state index contributed by atoms with van der Waals surface area (Å²) in [4.78, 5) is 4.17. The van der Waals surface area contributed by atoms with Crippen molar-refractivity contribution in [2.45, 2.75) is 39.8 Å². The second-order valence-electron chi connectivity index (χ2n) is 4.09. The Morgan fingerprint density at radius 3 is 2.88 bits per heavy atom. The van der Waals surface area contributed by atoms with E-state index in [1.54, 1.807) is 11.3 Å². The summed E-state index contributed by atoms with van der Waals surface area (Å²) in [7, 11) is 0. The molecule has 2 aromatic heterocycles. The molecular formula is C11H17N5S. The summed E-state index contributed by atoms with van der Waals surface area (Å²) in [6.07, 6.45) is 4.68. The van der Waals surface area contributed by atoms with E-state index in [4.69, 9.17) is 0 Å². The summed E-state index contributed by atoms with van der Waals surface area (Å²) in [5.41, 5.74) is 1.16. The number of hydrogen-bond donors (Lipinski definition) is 1. The number of imidazole rings is 1. The quantitative estimate of drug-likeness (QED) is 0.887. The SMILES string of the molecule is CCc1nnc(NCc2cncn2C(C)C)s1. The predicted octanol–water partition coefficient (Wildman–Crippen LogP) is 2.49. The minimum absolute atomic E-state index is 0.426. The Balaban J connectivity index is 1.99. The van der Waals surface area contributed by atoms with E-state index in [9.17, 15) is 0 Å². The first-order chi connectivity index (χ1) is 8.20. The van der Waals surface area contributed by atoms with Gasteiger partial charge in [-0.25, -0.2) is 4.98 Å². The molecule has 0 spiro atoms. The largest absolute Gasteiger partial charge is 0.354 e. The number of rotatable bonds is 5. The van der Waals surface area contributed by atoms with Crippen LogP contribution in [0.5, 0.6) is 0 Å². The maximum Gasteiger partial charge on any atom is 0.205 e. The Labute approximate surface area is 105 Å². The molecule has 0 unspecified atom stereocenters. The van der Waals surface area contributed by atoms with Gasteiger partial charge >= 0.3 is 0 Å². The molecular weight excluding hydrogens is 234 g/mol.